The molecular weight excluding hydrogens is 192 g/mol. The van der Waals surface area contributed by atoms with Crippen molar-refractivity contribution in [1.29, 1.82) is 0 Å². The zero-order valence-electron chi connectivity index (χ0n) is 9.21. The highest BCUT2D eigenvalue weighted by Crippen LogP contribution is 2.45. The van der Waals surface area contributed by atoms with Crippen LogP contribution in [0.25, 0.3) is 0 Å². The number of Topliss-reactive ketones (excluding diaryl/α,β-unsaturated/α-hetero) is 1. The molecule has 0 heterocycles. The van der Waals surface area contributed by atoms with Gasteiger partial charge >= 0.3 is 5.97 Å². The van der Waals surface area contributed by atoms with Crippen LogP contribution in [0, 0.1) is 11.8 Å². The Hall–Kier alpha value is -1.12. The number of carbonyl (C=O) groups is 2. The normalized spacial score (nSPS) is 29.6. The van der Waals surface area contributed by atoms with Crippen LogP contribution >= 0.6 is 0 Å². The SMILES string of the molecule is CCOC(=O)C1=C2[C@@H](CC[C@@H]2C)CC1=O. The Kier molecular flexibility index (Phi) is 2.63. The van der Waals surface area contributed by atoms with E-state index in [1.807, 2.05) is 0 Å². The van der Waals surface area contributed by atoms with Crippen LogP contribution in [0.4, 0.5) is 0 Å². The molecule has 0 radical (unpaired) electrons. The zero-order valence-corrected chi connectivity index (χ0v) is 9.21. The van der Waals surface area contributed by atoms with Crippen LogP contribution in [0.1, 0.15) is 33.1 Å². The minimum Gasteiger partial charge on any atom is -0.462 e. The van der Waals surface area contributed by atoms with E-state index in [4.69, 9.17) is 4.74 Å². The van der Waals surface area contributed by atoms with Crippen LogP contribution in [0.3, 0.4) is 0 Å². The number of carbonyl (C=O) groups excluding carboxylic acids is 2. The maximum absolute atomic E-state index is 11.7. The molecule has 1 fully saturated rings. The molecule has 2 aliphatic carbocycles. The van der Waals surface area contributed by atoms with Gasteiger partial charge < -0.3 is 4.74 Å². The van der Waals surface area contributed by atoms with Crippen LogP contribution in [-0.2, 0) is 14.3 Å². The lowest BCUT2D eigenvalue weighted by Crippen LogP contribution is -2.14. The highest BCUT2D eigenvalue weighted by atomic mass is 16.5. The molecule has 3 heteroatoms. The van der Waals surface area contributed by atoms with E-state index in [2.05, 4.69) is 6.92 Å². The summed E-state index contributed by atoms with van der Waals surface area (Å²) < 4.78 is 4.94. The Morgan fingerprint density at radius 1 is 1.47 bits per heavy atom. The van der Waals surface area contributed by atoms with Gasteiger partial charge in [0, 0.05) is 6.42 Å². The van der Waals surface area contributed by atoms with Gasteiger partial charge in [-0.2, -0.15) is 0 Å². The van der Waals surface area contributed by atoms with E-state index in [1.54, 1.807) is 6.92 Å². The molecule has 0 saturated heterocycles. The third-order valence-electron chi connectivity index (χ3n) is 3.40. The van der Waals surface area contributed by atoms with Gasteiger partial charge in [-0.05, 0) is 37.2 Å². The summed E-state index contributed by atoms with van der Waals surface area (Å²) in [7, 11) is 0. The van der Waals surface area contributed by atoms with E-state index >= 15 is 0 Å². The standard InChI is InChI=1S/C12H16O3/c1-3-15-12(14)11-9(13)6-8-5-4-7(2)10(8)11/h7-8H,3-6H2,1-2H3/t7-,8-/m0/s1. The monoisotopic (exact) mass is 208 g/mol. The molecule has 15 heavy (non-hydrogen) atoms. The Morgan fingerprint density at radius 3 is 2.87 bits per heavy atom. The molecule has 0 aromatic carbocycles. The van der Waals surface area contributed by atoms with Crippen molar-refractivity contribution in [2.45, 2.75) is 33.1 Å². The molecule has 2 atom stereocenters. The molecule has 0 aliphatic heterocycles. The lowest BCUT2D eigenvalue weighted by molar-refractivity contribution is -0.139. The summed E-state index contributed by atoms with van der Waals surface area (Å²) in [6, 6.07) is 0. The van der Waals surface area contributed by atoms with Crippen LogP contribution in [0.5, 0.6) is 0 Å². The van der Waals surface area contributed by atoms with Crippen molar-refractivity contribution in [3.8, 4) is 0 Å². The summed E-state index contributed by atoms with van der Waals surface area (Å²) in [5.74, 6) is 0.279. The van der Waals surface area contributed by atoms with Crippen molar-refractivity contribution in [2.75, 3.05) is 6.61 Å². The molecule has 0 aromatic rings. The predicted molar refractivity (Wildman–Crippen MR) is 55.2 cm³/mol. The number of hydrogen-bond acceptors (Lipinski definition) is 3. The second-order valence-corrected chi connectivity index (χ2v) is 4.35. The number of esters is 1. The van der Waals surface area contributed by atoms with Crippen molar-refractivity contribution >= 4 is 11.8 Å². The molecule has 0 spiro atoms. The highest BCUT2D eigenvalue weighted by molar-refractivity contribution is 6.20. The van der Waals surface area contributed by atoms with E-state index in [0.29, 0.717) is 30.4 Å². The summed E-state index contributed by atoms with van der Waals surface area (Å²) in [5, 5.41) is 0. The third-order valence-corrected chi connectivity index (χ3v) is 3.40. The molecule has 1 saturated carbocycles. The first-order chi connectivity index (χ1) is 7.15. The van der Waals surface area contributed by atoms with Gasteiger partial charge in [-0.3, -0.25) is 4.79 Å². The molecule has 3 nitrogen and oxygen atoms in total. The lowest BCUT2D eigenvalue weighted by atomic mass is 9.99. The van der Waals surface area contributed by atoms with Crippen molar-refractivity contribution in [1.82, 2.24) is 0 Å². The van der Waals surface area contributed by atoms with E-state index < -0.39 is 5.97 Å². The first kappa shape index (κ1) is 10.4. The van der Waals surface area contributed by atoms with E-state index in [0.717, 1.165) is 18.4 Å². The second-order valence-electron chi connectivity index (χ2n) is 4.35. The van der Waals surface area contributed by atoms with Crippen molar-refractivity contribution in [3.05, 3.63) is 11.1 Å². The average Bonchev–Trinajstić information content (AvgIpc) is 2.67. The summed E-state index contributed by atoms with van der Waals surface area (Å²) >= 11 is 0. The molecule has 0 bridgehead atoms. The molecule has 0 unspecified atom stereocenters. The van der Waals surface area contributed by atoms with Crippen molar-refractivity contribution in [2.24, 2.45) is 11.8 Å². The Balaban J connectivity index is 2.33. The second kappa shape index (κ2) is 3.80. The van der Waals surface area contributed by atoms with Gasteiger partial charge in [0.15, 0.2) is 5.78 Å². The summed E-state index contributed by atoms with van der Waals surface area (Å²) in [6.45, 7) is 4.19. The zero-order chi connectivity index (χ0) is 11.0. The first-order valence-electron chi connectivity index (χ1n) is 5.59. The Morgan fingerprint density at radius 2 is 2.20 bits per heavy atom. The maximum Gasteiger partial charge on any atom is 0.341 e. The van der Waals surface area contributed by atoms with Gasteiger partial charge in [-0.25, -0.2) is 4.79 Å². The fourth-order valence-corrected chi connectivity index (χ4v) is 2.75. The van der Waals surface area contributed by atoms with E-state index in [9.17, 15) is 9.59 Å². The Labute approximate surface area is 89.5 Å². The van der Waals surface area contributed by atoms with Crippen LogP contribution in [-0.4, -0.2) is 18.4 Å². The van der Waals surface area contributed by atoms with Gasteiger partial charge in [0.1, 0.15) is 5.57 Å². The summed E-state index contributed by atoms with van der Waals surface area (Å²) in [6.07, 6.45) is 2.66. The maximum atomic E-state index is 11.7. The quantitative estimate of drug-likeness (QED) is 0.514. The van der Waals surface area contributed by atoms with Gasteiger partial charge in [-0.1, -0.05) is 6.92 Å². The average molecular weight is 208 g/mol. The van der Waals surface area contributed by atoms with Gasteiger partial charge in [-0.15, -0.1) is 0 Å². The highest BCUT2D eigenvalue weighted by Gasteiger charge is 2.42. The fraction of sp³-hybridized carbons (Fsp3) is 0.667. The summed E-state index contributed by atoms with van der Waals surface area (Å²) in [4.78, 5) is 23.3. The van der Waals surface area contributed by atoms with Crippen LogP contribution in [0.15, 0.2) is 11.1 Å². The van der Waals surface area contributed by atoms with E-state index in [-0.39, 0.29) is 5.78 Å². The number of fused-ring (bicyclic) bond motifs is 1. The molecule has 2 aliphatic rings. The summed E-state index contributed by atoms with van der Waals surface area (Å²) in [5.41, 5.74) is 1.44. The van der Waals surface area contributed by atoms with Crippen LogP contribution in [0.2, 0.25) is 0 Å². The topological polar surface area (TPSA) is 43.4 Å². The third kappa shape index (κ3) is 1.60. The van der Waals surface area contributed by atoms with Gasteiger partial charge in [0.05, 0.1) is 6.61 Å². The number of ketones is 1. The van der Waals surface area contributed by atoms with E-state index in [1.165, 1.54) is 0 Å². The van der Waals surface area contributed by atoms with Gasteiger partial charge in [0.2, 0.25) is 0 Å². The molecule has 82 valence electrons. The molecular formula is C12H16O3. The number of rotatable bonds is 2. The first-order valence-corrected chi connectivity index (χ1v) is 5.59. The van der Waals surface area contributed by atoms with Crippen molar-refractivity contribution in [3.63, 3.8) is 0 Å². The minimum absolute atomic E-state index is 0.0139. The molecule has 0 N–H and O–H groups in total. The van der Waals surface area contributed by atoms with Gasteiger partial charge in [0.25, 0.3) is 0 Å². The molecule has 0 amide bonds. The molecule has 0 aromatic heterocycles. The predicted octanol–water partition coefficient (Wildman–Crippen LogP) is 1.86. The smallest absolute Gasteiger partial charge is 0.341 e. The number of allylic oxidation sites excluding steroid dienone is 1. The Bertz CT molecular complexity index is 341. The largest absolute Gasteiger partial charge is 0.462 e. The number of ether oxygens (including phenoxy) is 1. The van der Waals surface area contributed by atoms with Crippen molar-refractivity contribution < 1.29 is 14.3 Å². The van der Waals surface area contributed by atoms with Crippen LogP contribution < -0.4 is 0 Å². The number of hydrogen-bond donors (Lipinski definition) is 0. The molecule has 2 rings (SSSR count). The lowest BCUT2D eigenvalue weighted by Gasteiger charge is -2.08. The fourth-order valence-electron chi connectivity index (χ4n) is 2.75. The minimum atomic E-state index is -0.409.